The second kappa shape index (κ2) is 11.5. The van der Waals surface area contributed by atoms with Gasteiger partial charge in [0.05, 0.1) is 16.9 Å². The maximum Gasteiger partial charge on any atom is 0.416 e. The van der Waals surface area contributed by atoms with Crippen molar-refractivity contribution in [3.05, 3.63) is 75.0 Å². The standard InChI is InChI=1S/C27H28F3NO3S2/c1-15(2)25(21-9-10-22(36-21)26(34)31-12-11-23(32)33)35-20-13-16(3)24(17(4)14-20)18-5-7-19(8-6-18)27(28,29)30/h5-10,13-15,25H,11-12H2,1-4H3,(H,31,34)(H,32,33)/t25-/m0/s1. The van der Waals surface area contributed by atoms with E-state index in [1.165, 1.54) is 23.5 Å². The Hall–Kier alpha value is -2.78. The van der Waals surface area contributed by atoms with Crippen LogP contribution in [0.1, 0.15) is 56.8 Å². The number of halogens is 3. The van der Waals surface area contributed by atoms with Crippen molar-refractivity contribution in [2.45, 2.75) is 50.4 Å². The van der Waals surface area contributed by atoms with E-state index in [0.29, 0.717) is 4.88 Å². The van der Waals surface area contributed by atoms with Gasteiger partial charge in [-0.15, -0.1) is 23.1 Å². The van der Waals surface area contributed by atoms with Crippen LogP contribution in [0.25, 0.3) is 11.1 Å². The van der Waals surface area contributed by atoms with Crippen molar-refractivity contribution in [2.75, 3.05) is 6.54 Å². The smallest absolute Gasteiger partial charge is 0.416 e. The fourth-order valence-corrected chi connectivity index (χ4v) is 6.56. The number of hydrogen-bond acceptors (Lipinski definition) is 4. The highest BCUT2D eigenvalue weighted by Gasteiger charge is 2.30. The van der Waals surface area contributed by atoms with E-state index in [4.69, 9.17) is 5.11 Å². The molecule has 0 aliphatic heterocycles. The molecule has 0 radical (unpaired) electrons. The molecule has 1 aromatic heterocycles. The zero-order chi connectivity index (χ0) is 26.6. The van der Waals surface area contributed by atoms with Gasteiger partial charge < -0.3 is 10.4 Å². The number of carboxylic acids is 1. The van der Waals surface area contributed by atoms with E-state index in [-0.39, 0.29) is 30.0 Å². The van der Waals surface area contributed by atoms with Crippen molar-refractivity contribution in [1.82, 2.24) is 5.32 Å². The Labute approximate surface area is 216 Å². The van der Waals surface area contributed by atoms with Crippen molar-refractivity contribution in [3.63, 3.8) is 0 Å². The number of rotatable bonds is 9. The number of aryl methyl sites for hydroxylation is 2. The minimum atomic E-state index is -4.37. The predicted molar refractivity (Wildman–Crippen MR) is 139 cm³/mol. The van der Waals surface area contributed by atoms with Gasteiger partial charge in [-0.2, -0.15) is 13.2 Å². The summed E-state index contributed by atoms with van der Waals surface area (Å²) in [7, 11) is 0. The van der Waals surface area contributed by atoms with Crippen molar-refractivity contribution in [1.29, 1.82) is 0 Å². The first-order valence-electron chi connectivity index (χ1n) is 11.4. The van der Waals surface area contributed by atoms with Gasteiger partial charge in [-0.1, -0.05) is 26.0 Å². The van der Waals surface area contributed by atoms with Crippen LogP contribution in [-0.2, 0) is 11.0 Å². The first-order chi connectivity index (χ1) is 16.9. The number of benzene rings is 2. The summed E-state index contributed by atoms with van der Waals surface area (Å²) in [6.07, 6.45) is -4.49. The molecule has 0 aliphatic carbocycles. The molecule has 0 spiro atoms. The van der Waals surface area contributed by atoms with Crippen molar-refractivity contribution in [3.8, 4) is 11.1 Å². The number of carbonyl (C=O) groups is 2. The first kappa shape index (κ1) is 27.8. The second-order valence-electron chi connectivity index (χ2n) is 8.89. The molecule has 9 heteroatoms. The van der Waals surface area contributed by atoms with Gasteiger partial charge in [0.15, 0.2) is 0 Å². The Balaban J connectivity index is 1.80. The van der Waals surface area contributed by atoms with E-state index in [1.807, 2.05) is 32.0 Å². The van der Waals surface area contributed by atoms with Gasteiger partial charge in [0, 0.05) is 21.6 Å². The van der Waals surface area contributed by atoms with Crippen molar-refractivity contribution < 1.29 is 27.9 Å². The molecule has 192 valence electrons. The number of thiophene rings is 1. The minimum absolute atomic E-state index is 0.0770. The molecule has 0 bridgehead atoms. The Morgan fingerprint density at radius 1 is 1.03 bits per heavy atom. The van der Waals surface area contributed by atoms with Gasteiger partial charge in [0.2, 0.25) is 0 Å². The lowest BCUT2D eigenvalue weighted by atomic mass is 9.95. The number of alkyl halides is 3. The molecular weight excluding hydrogens is 507 g/mol. The summed E-state index contributed by atoms with van der Waals surface area (Å²) in [4.78, 5) is 25.6. The van der Waals surface area contributed by atoms with Crippen LogP contribution < -0.4 is 5.32 Å². The largest absolute Gasteiger partial charge is 0.481 e. The third-order valence-electron chi connectivity index (χ3n) is 5.63. The number of thioether (sulfide) groups is 1. The van der Waals surface area contributed by atoms with E-state index < -0.39 is 17.7 Å². The molecule has 1 atom stereocenters. The summed E-state index contributed by atoms with van der Waals surface area (Å²) in [5.41, 5.74) is 2.95. The predicted octanol–water partition coefficient (Wildman–Crippen LogP) is 7.74. The highest BCUT2D eigenvalue weighted by atomic mass is 32.2. The number of aliphatic carboxylic acids is 1. The van der Waals surface area contributed by atoms with Crippen molar-refractivity contribution >= 4 is 35.0 Å². The zero-order valence-electron chi connectivity index (χ0n) is 20.4. The summed E-state index contributed by atoms with van der Waals surface area (Å²) in [5, 5.41) is 11.5. The summed E-state index contributed by atoms with van der Waals surface area (Å²) >= 11 is 3.08. The van der Waals surface area contributed by atoms with Crippen LogP contribution in [0.2, 0.25) is 0 Å². The van der Waals surface area contributed by atoms with Crippen LogP contribution in [0.4, 0.5) is 13.2 Å². The lowest BCUT2D eigenvalue weighted by molar-refractivity contribution is -0.138. The molecular formula is C27H28F3NO3S2. The molecule has 4 nitrogen and oxygen atoms in total. The van der Waals surface area contributed by atoms with Gasteiger partial charge in [0.1, 0.15) is 0 Å². The van der Waals surface area contributed by atoms with Gasteiger partial charge in [-0.05, 0) is 78.4 Å². The van der Waals surface area contributed by atoms with Crippen LogP contribution in [0.3, 0.4) is 0 Å². The molecule has 1 amide bonds. The Morgan fingerprint density at radius 2 is 1.64 bits per heavy atom. The highest BCUT2D eigenvalue weighted by Crippen LogP contribution is 2.45. The van der Waals surface area contributed by atoms with Gasteiger partial charge >= 0.3 is 12.1 Å². The SMILES string of the molecule is Cc1cc(S[C@H](c2ccc(C(=O)NCCC(=O)O)s2)C(C)C)cc(C)c1-c1ccc(C(F)(F)F)cc1. The molecule has 2 aromatic carbocycles. The van der Waals surface area contributed by atoms with E-state index >= 15 is 0 Å². The van der Waals surface area contributed by atoms with Crippen molar-refractivity contribution in [2.24, 2.45) is 5.92 Å². The quantitative estimate of drug-likeness (QED) is 0.275. The molecule has 2 N–H and O–H groups in total. The molecule has 0 saturated heterocycles. The number of carboxylic acid groups (broad SMARTS) is 1. The van der Waals surface area contributed by atoms with Crippen LogP contribution in [-0.4, -0.2) is 23.5 Å². The lowest BCUT2D eigenvalue weighted by Gasteiger charge is -2.21. The van der Waals surface area contributed by atoms with Crippen LogP contribution in [0.5, 0.6) is 0 Å². The molecule has 36 heavy (non-hydrogen) atoms. The van der Waals surface area contributed by atoms with E-state index in [9.17, 15) is 22.8 Å². The fourth-order valence-electron chi connectivity index (χ4n) is 3.94. The van der Waals surface area contributed by atoms with Gasteiger partial charge in [-0.3, -0.25) is 9.59 Å². The number of nitrogens with one attached hydrogen (secondary N) is 1. The molecule has 3 rings (SSSR count). The maximum absolute atomic E-state index is 12.9. The van der Waals surface area contributed by atoms with Crippen LogP contribution in [0, 0.1) is 19.8 Å². The highest BCUT2D eigenvalue weighted by molar-refractivity contribution is 7.99. The number of carbonyl (C=O) groups excluding carboxylic acids is 1. The summed E-state index contributed by atoms with van der Waals surface area (Å²) in [6, 6.07) is 13.0. The summed E-state index contributed by atoms with van der Waals surface area (Å²) in [6.45, 7) is 8.21. The summed E-state index contributed by atoms with van der Waals surface area (Å²) in [5.74, 6) is -0.979. The number of hydrogen-bond donors (Lipinski definition) is 2. The minimum Gasteiger partial charge on any atom is -0.481 e. The maximum atomic E-state index is 12.9. The third-order valence-corrected chi connectivity index (χ3v) is 8.51. The molecule has 1 heterocycles. The topological polar surface area (TPSA) is 66.4 Å². The van der Waals surface area contributed by atoms with Gasteiger partial charge in [-0.25, -0.2) is 0 Å². The monoisotopic (exact) mass is 535 g/mol. The molecule has 0 unspecified atom stereocenters. The number of amides is 1. The molecule has 0 aliphatic rings. The lowest BCUT2D eigenvalue weighted by Crippen LogP contribution is -2.25. The summed E-state index contributed by atoms with van der Waals surface area (Å²) < 4.78 is 38.8. The van der Waals surface area contributed by atoms with E-state index in [0.717, 1.165) is 44.2 Å². The Morgan fingerprint density at radius 3 is 2.17 bits per heavy atom. The van der Waals surface area contributed by atoms with E-state index in [2.05, 4.69) is 19.2 Å². The normalized spacial score (nSPS) is 12.6. The average molecular weight is 536 g/mol. The molecule has 0 saturated carbocycles. The Bertz CT molecular complexity index is 1210. The zero-order valence-corrected chi connectivity index (χ0v) is 22.0. The van der Waals surface area contributed by atoms with Gasteiger partial charge in [0.25, 0.3) is 5.91 Å². The molecule has 3 aromatic rings. The second-order valence-corrected chi connectivity index (χ2v) is 11.2. The fraction of sp³-hybridized carbons (Fsp3) is 0.333. The van der Waals surface area contributed by atoms with Crippen LogP contribution in [0.15, 0.2) is 53.4 Å². The average Bonchev–Trinajstić information content (AvgIpc) is 3.26. The first-order valence-corrected chi connectivity index (χ1v) is 13.1. The Kier molecular flexibility index (Phi) is 8.89. The van der Waals surface area contributed by atoms with E-state index in [1.54, 1.807) is 17.8 Å². The van der Waals surface area contributed by atoms with Crippen LogP contribution >= 0.6 is 23.1 Å². The third kappa shape index (κ3) is 6.91. The molecule has 0 fully saturated rings.